The van der Waals surface area contributed by atoms with Crippen LogP contribution in [0.3, 0.4) is 0 Å². The van der Waals surface area contributed by atoms with Gasteiger partial charge in [-0.25, -0.2) is 9.37 Å². The summed E-state index contributed by atoms with van der Waals surface area (Å²) in [5, 5.41) is 3.76. The van der Waals surface area contributed by atoms with Gasteiger partial charge >= 0.3 is 0 Å². The maximum absolute atomic E-state index is 14.8. The van der Waals surface area contributed by atoms with Crippen molar-refractivity contribution < 1.29 is 23.4 Å². The van der Waals surface area contributed by atoms with Crippen LogP contribution in [0.25, 0.3) is 22.2 Å². The van der Waals surface area contributed by atoms with E-state index in [9.17, 15) is 9.18 Å². The average Bonchev–Trinajstić information content (AvgIpc) is 3.46. The van der Waals surface area contributed by atoms with Crippen LogP contribution in [0.1, 0.15) is 0 Å². The molecule has 228 valence electrons. The van der Waals surface area contributed by atoms with Crippen LogP contribution in [-0.2, 0) is 16.3 Å². The van der Waals surface area contributed by atoms with E-state index in [1.54, 1.807) is 20.3 Å². The summed E-state index contributed by atoms with van der Waals surface area (Å²) in [6.07, 6.45) is 0.865. The molecule has 1 N–H and O–H groups in total. The molecular formula is C31H44FN5O4Si. The second-order valence-electron chi connectivity index (χ2n) is 12.7. The Morgan fingerprint density at radius 2 is 1.76 bits per heavy atom. The molecule has 5 rings (SSSR count). The Morgan fingerprint density at radius 1 is 1.07 bits per heavy atom. The third kappa shape index (κ3) is 6.80. The van der Waals surface area contributed by atoms with Crippen molar-refractivity contribution in [3.05, 3.63) is 36.5 Å². The van der Waals surface area contributed by atoms with Crippen LogP contribution >= 0.6 is 0 Å². The largest absolute Gasteiger partial charge is 0.496 e. The Hall–Kier alpha value is -2.99. The molecule has 0 spiro atoms. The van der Waals surface area contributed by atoms with Crippen LogP contribution in [0.5, 0.6) is 11.5 Å². The number of alkyl halides is 1. The van der Waals surface area contributed by atoms with Gasteiger partial charge in [0.1, 0.15) is 35.9 Å². The molecule has 0 radical (unpaired) electrons. The number of hydrogen-bond acceptors (Lipinski definition) is 7. The number of hydrogen-bond donors (Lipinski definition) is 1. The fourth-order valence-electron chi connectivity index (χ4n) is 5.61. The number of rotatable bonds is 12. The standard InChI is InChI=1S/C31H44FN5O4Si/c1-35-12-14-36(15-13-35)18-23-28(29(23)32)31(38)34-26-11-10-21-22(27-24(39-2)8-7-9-25(27)40-3)19-37(30(21)33-26)20-41-16-17-42(4,5)6/h7-11,19,23,28-29H,12-18,20H2,1-6H3,(H,33,34,38). The molecule has 11 heteroatoms. The third-order valence-electron chi connectivity index (χ3n) is 8.34. The van der Waals surface area contributed by atoms with Gasteiger partial charge in [-0.1, -0.05) is 25.7 Å². The van der Waals surface area contributed by atoms with Crippen LogP contribution in [-0.4, -0.2) is 100 Å². The molecule has 1 amide bonds. The summed E-state index contributed by atoms with van der Waals surface area (Å²) in [5.41, 5.74) is 2.36. The van der Waals surface area contributed by atoms with E-state index < -0.39 is 20.2 Å². The van der Waals surface area contributed by atoms with Crippen molar-refractivity contribution in [1.29, 1.82) is 0 Å². The van der Waals surface area contributed by atoms with Gasteiger partial charge in [-0.05, 0) is 37.4 Å². The highest BCUT2D eigenvalue weighted by atomic mass is 28.3. The van der Waals surface area contributed by atoms with Gasteiger partial charge in [0.25, 0.3) is 0 Å². The minimum absolute atomic E-state index is 0.273. The lowest BCUT2D eigenvalue weighted by Gasteiger charge is -2.32. The molecule has 2 fully saturated rings. The number of halogens is 1. The normalized spacial score (nSPS) is 21.5. The first kappa shape index (κ1) is 30.5. The predicted octanol–water partition coefficient (Wildman–Crippen LogP) is 4.80. The number of aromatic nitrogens is 2. The molecule has 9 nitrogen and oxygen atoms in total. The van der Waals surface area contributed by atoms with E-state index in [2.05, 4.69) is 41.8 Å². The molecule has 2 aliphatic rings. The van der Waals surface area contributed by atoms with Crippen molar-refractivity contribution in [2.75, 3.05) is 65.9 Å². The monoisotopic (exact) mass is 597 g/mol. The molecule has 0 bridgehead atoms. The number of pyridine rings is 1. The van der Waals surface area contributed by atoms with Gasteiger partial charge in [-0.2, -0.15) is 0 Å². The zero-order valence-corrected chi connectivity index (χ0v) is 26.7. The molecule has 1 aliphatic carbocycles. The summed E-state index contributed by atoms with van der Waals surface area (Å²) in [5.74, 6) is 0.520. The smallest absolute Gasteiger partial charge is 0.232 e. The van der Waals surface area contributed by atoms with E-state index >= 15 is 0 Å². The zero-order valence-electron chi connectivity index (χ0n) is 25.7. The first-order valence-electron chi connectivity index (χ1n) is 14.7. The van der Waals surface area contributed by atoms with E-state index in [1.807, 2.05) is 35.0 Å². The van der Waals surface area contributed by atoms with E-state index in [1.165, 1.54) is 0 Å². The fraction of sp³-hybridized carbons (Fsp3) is 0.548. The maximum atomic E-state index is 14.8. The average molecular weight is 598 g/mol. The third-order valence-corrected chi connectivity index (χ3v) is 10.0. The molecule has 1 aliphatic heterocycles. The number of nitrogens with one attached hydrogen (secondary N) is 1. The Balaban J connectivity index is 1.38. The number of nitrogens with zero attached hydrogens (tertiary/aromatic N) is 4. The van der Waals surface area contributed by atoms with Gasteiger partial charge in [0, 0.05) is 70.5 Å². The summed E-state index contributed by atoms with van der Waals surface area (Å²) in [7, 11) is 4.12. The lowest BCUT2D eigenvalue weighted by Crippen LogP contribution is -2.45. The molecule has 3 atom stereocenters. The first-order valence-corrected chi connectivity index (χ1v) is 18.4. The number of methoxy groups -OCH3 is 2. The summed E-state index contributed by atoms with van der Waals surface area (Å²) in [6, 6.07) is 10.4. The van der Waals surface area contributed by atoms with Gasteiger partial charge in [0.2, 0.25) is 5.91 Å². The van der Waals surface area contributed by atoms with Crippen LogP contribution in [0, 0.1) is 11.8 Å². The van der Waals surface area contributed by atoms with Crippen LogP contribution in [0.4, 0.5) is 10.2 Å². The molecule has 1 saturated heterocycles. The number of likely N-dealkylation sites (N-methyl/N-ethyl adjacent to an activating group) is 1. The Labute approximate surface area is 248 Å². The summed E-state index contributed by atoms with van der Waals surface area (Å²) >= 11 is 0. The van der Waals surface area contributed by atoms with Gasteiger partial charge in [-0.15, -0.1) is 0 Å². The number of piperazine rings is 1. The molecule has 42 heavy (non-hydrogen) atoms. The number of carbonyl (C=O) groups excluding carboxylic acids is 1. The van der Waals surface area contributed by atoms with Crippen molar-refractivity contribution in [3.8, 4) is 22.6 Å². The molecule has 3 aromatic rings. The van der Waals surface area contributed by atoms with Crippen molar-refractivity contribution in [2.45, 2.75) is 38.6 Å². The van der Waals surface area contributed by atoms with Crippen molar-refractivity contribution in [3.63, 3.8) is 0 Å². The zero-order chi connectivity index (χ0) is 30.0. The van der Waals surface area contributed by atoms with Crippen LogP contribution < -0.4 is 14.8 Å². The number of ether oxygens (including phenoxy) is 3. The lowest BCUT2D eigenvalue weighted by atomic mass is 10.0. The van der Waals surface area contributed by atoms with E-state index in [0.717, 1.165) is 48.7 Å². The van der Waals surface area contributed by atoms with E-state index in [0.29, 0.717) is 42.8 Å². The van der Waals surface area contributed by atoms with Crippen LogP contribution in [0.2, 0.25) is 25.7 Å². The summed E-state index contributed by atoms with van der Waals surface area (Å²) in [4.78, 5) is 22.5. The van der Waals surface area contributed by atoms with Crippen molar-refractivity contribution in [1.82, 2.24) is 19.4 Å². The van der Waals surface area contributed by atoms with E-state index in [-0.39, 0.29) is 11.8 Å². The Morgan fingerprint density at radius 3 is 2.40 bits per heavy atom. The Kier molecular flexibility index (Phi) is 9.22. The van der Waals surface area contributed by atoms with Gasteiger partial charge < -0.3 is 33.9 Å². The number of benzene rings is 1. The highest BCUT2D eigenvalue weighted by Gasteiger charge is 2.56. The van der Waals surface area contributed by atoms with Crippen LogP contribution in [0.15, 0.2) is 36.5 Å². The molecule has 3 heterocycles. The fourth-order valence-corrected chi connectivity index (χ4v) is 6.37. The minimum atomic E-state index is -1.25. The summed E-state index contributed by atoms with van der Waals surface area (Å²) in [6.45, 7) is 12.3. The van der Waals surface area contributed by atoms with Crippen molar-refractivity contribution in [2.24, 2.45) is 11.8 Å². The predicted molar refractivity (Wildman–Crippen MR) is 167 cm³/mol. The van der Waals surface area contributed by atoms with Crippen molar-refractivity contribution >= 4 is 30.8 Å². The lowest BCUT2D eigenvalue weighted by molar-refractivity contribution is -0.118. The number of fused-ring (bicyclic) bond motifs is 1. The SMILES string of the molecule is COc1cccc(OC)c1-c1cn(COCC[Si](C)(C)C)c2nc(NC(=O)C3C(F)C3CN3CCN(C)CC3)ccc12. The topological polar surface area (TPSA) is 81.1 Å². The number of amides is 1. The first-order chi connectivity index (χ1) is 20.1. The van der Waals surface area contributed by atoms with Gasteiger partial charge in [0.05, 0.1) is 25.7 Å². The Bertz CT molecular complexity index is 1380. The second kappa shape index (κ2) is 12.7. The number of carbonyl (C=O) groups is 1. The number of anilines is 1. The van der Waals surface area contributed by atoms with Gasteiger partial charge in [0.15, 0.2) is 0 Å². The van der Waals surface area contributed by atoms with E-state index in [4.69, 9.17) is 19.2 Å². The maximum Gasteiger partial charge on any atom is 0.232 e. The highest BCUT2D eigenvalue weighted by Crippen LogP contribution is 2.44. The molecule has 2 aromatic heterocycles. The molecule has 1 saturated carbocycles. The second-order valence-corrected chi connectivity index (χ2v) is 18.3. The highest BCUT2D eigenvalue weighted by molar-refractivity contribution is 6.76. The molecular weight excluding hydrogens is 553 g/mol. The minimum Gasteiger partial charge on any atom is -0.496 e. The van der Waals surface area contributed by atoms with Gasteiger partial charge in [-0.3, -0.25) is 4.79 Å². The molecule has 3 unspecified atom stereocenters. The summed E-state index contributed by atoms with van der Waals surface area (Å²) < 4.78 is 34.2. The quantitative estimate of drug-likeness (QED) is 0.237. The molecule has 1 aromatic carbocycles.